The highest BCUT2D eigenvalue weighted by molar-refractivity contribution is 5.99. The molecule has 2 rings (SSSR count). The molecule has 1 aromatic carbocycles. The van der Waals surface area contributed by atoms with Gasteiger partial charge in [-0.05, 0) is 26.3 Å². The van der Waals surface area contributed by atoms with E-state index in [4.69, 9.17) is 4.74 Å². The Morgan fingerprint density at radius 3 is 2.42 bits per heavy atom. The Morgan fingerprint density at radius 1 is 1.27 bits per heavy atom. The second-order valence-corrected chi connectivity index (χ2v) is 5.51. The van der Waals surface area contributed by atoms with E-state index < -0.39 is 22.8 Å². The van der Waals surface area contributed by atoms with Crippen LogP contribution in [-0.4, -0.2) is 28.6 Å². The van der Waals surface area contributed by atoms with Gasteiger partial charge in [-0.3, -0.25) is 10.1 Å². The van der Waals surface area contributed by atoms with Crippen LogP contribution in [-0.2, 0) is 14.3 Å². The number of carboxylic acids is 1. The molecular formula is C17H19ClN2O6. The van der Waals surface area contributed by atoms with E-state index in [0.717, 1.165) is 0 Å². The number of nitrogens with zero attached hydrogens (tertiary/aromatic N) is 1. The largest absolute Gasteiger partial charge is 0.478 e. The van der Waals surface area contributed by atoms with E-state index in [1.165, 1.54) is 18.2 Å². The normalized spacial score (nSPS) is 16.5. The zero-order valence-electron chi connectivity index (χ0n) is 14.4. The highest BCUT2D eigenvalue weighted by Crippen LogP contribution is 2.39. The standard InChI is InChI=1S/C17H18N2O6.ClH/c1-4-25-17(22)14-10(3)18-9(2)13(16(20)21)15(14)11-6-5-7-12(8-11)19(23)24;/h5-8,15,18H,4H2,1-3H3,(H,20,21);1H. The third-order valence-corrected chi connectivity index (χ3v) is 3.90. The molecule has 0 spiro atoms. The second-order valence-electron chi connectivity index (χ2n) is 5.51. The molecule has 8 nitrogen and oxygen atoms in total. The molecule has 1 aromatic rings. The lowest BCUT2D eigenvalue weighted by Gasteiger charge is -2.29. The number of dihydropyridines is 1. The van der Waals surface area contributed by atoms with Crippen LogP contribution in [0.5, 0.6) is 0 Å². The Kier molecular flexibility index (Phi) is 6.91. The van der Waals surface area contributed by atoms with E-state index in [0.29, 0.717) is 17.0 Å². The lowest BCUT2D eigenvalue weighted by molar-refractivity contribution is -0.384. The number of rotatable bonds is 5. The maximum atomic E-state index is 12.4. The third kappa shape index (κ3) is 4.02. The van der Waals surface area contributed by atoms with Gasteiger partial charge in [0.15, 0.2) is 0 Å². The van der Waals surface area contributed by atoms with Crippen LogP contribution in [0.3, 0.4) is 0 Å². The van der Waals surface area contributed by atoms with Crippen LogP contribution in [0.2, 0.25) is 0 Å². The van der Waals surface area contributed by atoms with Crippen molar-refractivity contribution in [2.45, 2.75) is 26.7 Å². The number of nitro benzene ring substituents is 1. The van der Waals surface area contributed by atoms with Crippen molar-refractivity contribution in [3.63, 3.8) is 0 Å². The molecule has 1 heterocycles. The van der Waals surface area contributed by atoms with Crippen LogP contribution in [0.1, 0.15) is 32.3 Å². The zero-order valence-corrected chi connectivity index (χ0v) is 15.3. The van der Waals surface area contributed by atoms with Crippen molar-refractivity contribution in [3.05, 3.63) is 62.5 Å². The average molecular weight is 383 g/mol. The van der Waals surface area contributed by atoms with Crippen molar-refractivity contribution in [2.24, 2.45) is 0 Å². The number of allylic oxidation sites excluding steroid dienone is 2. The number of carboxylic acid groups (broad SMARTS) is 1. The molecule has 0 aliphatic carbocycles. The number of non-ortho nitro benzene ring substituents is 1. The predicted octanol–water partition coefficient (Wildman–Crippen LogP) is 2.90. The SMILES string of the molecule is CCOC(=O)C1=C(C)NC(C)=C(C(=O)O)C1c1cccc([N+](=O)[O-])c1.Cl. The molecule has 1 unspecified atom stereocenters. The molecule has 0 saturated carbocycles. The van der Waals surface area contributed by atoms with Gasteiger partial charge in [0.05, 0.1) is 28.6 Å². The molecular weight excluding hydrogens is 364 g/mol. The van der Waals surface area contributed by atoms with Crippen molar-refractivity contribution in [1.82, 2.24) is 5.32 Å². The minimum Gasteiger partial charge on any atom is -0.478 e. The second kappa shape index (κ2) is 8.48. The Balaban J connectivity index is 0.00000338. The number of ether oxygens (including phenoxy) is 1. The number of aliphatic carboxylic acids is 1. The van der Waals surface area contributed by atoms with Gasteiger partial charge in [-0.2, -0.15) is 0 Å². The van der Waals surface area contributed by atoms with Crippen LogP contribution in [0.4, 0.5) is 5.69 Å². The summed E-state index contributed by atoms with van der Waals surface area (Å²) in [4.78, 5) is 34.7. The van der Waals surface area contributed by atoms with Crippen LogP contribution in [0.15, 0.2) is 46.8 Å². The Labute approximate surface area is 156 Å². The molecule has 1 aliphatic heterocycles. The monoisotopic (exact) mass is 382 g/mol. The van der Waals surface area contributed by atoms with Gasteiger partial charge in [0.25, 0.3) is 5.69 Å². The molecule has 2 N–H and O–H groups in total. The summed E-state index contributed by atoms with van der Waals surface area (Å²) in [5, 5.41) is 23.6. The van der Waals surface area contributed by atoms with Crippen molar-refractivity contribution in [1.29, 1.82) is 0 Å². The van der Waals surface area contributed by atoms with E-state index in [9.17, 15) is 24.8 Å². The number of benzene rings is 1. The molecule has 26 heavy (non-hydrogen) atoms. The quantitative estimate of drug-likeness (QED) is 0.456. The summed E-state index contributed by atoms with van der Waals surface area (Å²) in [7, 11) is 0. The highest BCUT2D eigenvalue weighted by atomic mass is 35.5. The molecule has 0 saturated heterocycles. The topological polar surface area (TPSA) is 119 Å². The first-order valence-electron chi connectivity index (χ1n) is 7.61. The Hall–Kier alpha value is -2.87. The fourth-order valence-corrected chi connectivity index (χ4v) is 2.91. The van der Waals surface area contributed by atoms with Gasteiger partial charge in [-0.15, -0.1) is 12.4 Å². The van der Waals surface area contributed by atoms with E-state index in [2.05, 4.69) is 5.32 Å². The summed E-state index contributed by atoms with van der Waals surface area (Å²) in [5.74, 6) is -2.83. The molecule has 1 aliphatic rings. The zero-order chi connectivity index (χ0) is 18.7. The number of nitro groups is 1. The third-order valence-electron chi connectivity index (χ3n) is 3.90. The number of esters is 1. The average Bonchev–Trinajstić information content (AvgIpc) is 2.53. The highest BCUT2D eigenvalue weighted by Gasteiger charge is 2.37. The van der Waals surface area contributed by atoms with Gasteiger partial charge in [0.1, 0.15) is 0 Å². The van der Waals surface area contributed by atoms with Crippen LogP contribution < -0.4 is 5.32 Å². The van der Waals surface area contributed by atoms with Gasteiger partial charge in [0, 0.05) is 23.5 Å². The molecule has 0 fully saturated rings. The molecule has 0 amide bonds. The molecule has 0 radical (unpaired) electrons. The first-order valence-corrected chi connectivity index (χ1v) is 7.61. The molecule has 9 heteroatoms. The van der Waals surface area contributed by atoms with Crippen LogP contribution in [0.25, 0.3) is 0 Å². The smallest absolute Gasteiger partial charge is 0.336 e. The molecule has 140 valence electrons. The summed E-state index contributed by atoms with van der Waals surface area (Å²) >= 11 is 0. The number of hydrogen-bond acceptors (Lipinski definition) is 6. The fraction of sp³-hybridized carbons (Fsp3) is 0.294. The number of hydrogen-bond donors (Lipinski definition) is 2. The minimum atomic E-state index is -1.21. The van der Waals surface area contributed by atoms with Crippen molar-refractivity contribution in [2.75, 3.05) is 6.61 Å². The van der Waals surface area contributed by atoms with Crippen LogP contribution >= 0.6 is 12.4 Å². The maximum absolute atomic E-state index is 12.4. The molecule has 0 bridgehead atoms. The number of halogens is 1. The van der Waals surface area contributed by atoms with E-state index in [1.54, 1.807) is 26.8 Å². The van der Waals surface area contributed by atoms with Gasteiger partial charge >= 0.3 is 11.9 Å². The van der Waals surface area contributed by atoms with Gasteiger partial charge < -0.3 is 15.2 Å². The number of nitrogens with one attached hydrogen (secondary N) is 1. The Bertz CT molecular complexity index is 815. The van der Waals surface area contributed by atoms with Crippen molar-refractivity contribution in [3.8, 4) is 0 Å². The first kappa shape index (κ1) is 21.2. The van der Waals surface area contributed by atoms with Gasteiger partial charge in [0.2, 0.25) is 0 Å². The first-order chi connectivity index (χ1) is 11.8. The molecule has 0 aromatic heterocycles. The minimum absolute atomic E-state index is 0. The number of carbonyl (C=O) groups is 2. The summed E-state index contributed by atoms with van der Waals surface area (Å²) < 4.78 is 5.06. The fourth-order valence-electron chi connectivity index (χ4n) is 2.91. The molecule has 1 atom stereocenters. The predicted molar refractivity (Wildman–Crippen MR) is 95.9 cm³/mol. The lowest BCUT2D eigenvalue weighted by atomic mass is 9.80. The van der Waals surface area contributed by atoms with E-state index >= 15 is 0 Å². The van der Waals surface area contributed by atoms with Gasteiger partial charge in [-0.1, -0.05) is 12.1 Å². The summed E-state index contributed by atoms with van der Waals surface area (Å²) in [6, 6.07) is 5.61. The van der Waals surface area contributed by atoms with Gasteiger partial charge in [-0.25, -0.2) is 9.59 Å². The summed E-state index contributed by atoms with van der Waals surface area (Å²) in [6.07, 6.45) is 0. The number of carbonyl (C=O) groups excluding carboxylic acids is 1. The Morgan fingerprint density at radius 2 is 1.88 bits per heavy atom. The van der Waals surface area contributed by atoms with Crippen LogP contribution in [0, 0.1) is 10.1 Å². The maximum Gasteiger partial charge on any atom is 0.336 e. The van der Waals surface area contributed by atoms with E-state index in [1.807, 2.05) is 0 Å². The summed E-state index contributed by atoms with van der Waals surface area (Å²) in [5.41, 5.74) is 1.07. The summed E-state index contributed by atoms with van der Waals surface area (Å²) in [6.45, 7) is 4.99. The van der Waals surface area contributed by atoms with Crippen molar-refractivity contribution >= 4 is 30.0 Å². The van der Waals surface area contributed by atoms with Crippen molar-refractivity contribution < 1.29 is 24.4 Å². The van der Waals surface area contributed by atoms with E-state index in [-0.39, 0.29) is 35.8 Å². The lowest BCUT2D eigenvalue weighted by Crippen LogP contribution is -2.31.